The predicted molar refractivity (Wildman–Crippen MR) is 80.2 cm³/mol. The van der Waals surface area contributed by atoms with Crippen LogP contribution in [0, 0.1) is 0 Å². The summed E-state index contributed by atoms with van der Waals surface area (Å²) < 4.78 is 0. The molecular formula is C13H24N2S2. The molecule has 98 valence electrons. The average Bonchev–Trinajstić information content (AvgIpc) is 2.73. The average molecular weight is 272 g/mol. The van der Waals surface area contributed by atoms with Crippen molar-refractivity contribution in [3.05, 3.63) is 16.1 Å². The van der Waals surface area contributed by atoms with E-state index in [9.17, 15) is 0 Å². The lowest BCUT2D eigenvalue weighted by Gasteiger charge is -2.16. The first-order chi connectivity index (χ1) is 7.99. The Kier molecular flexibility index (Phi) is 5.97. The maximum atomic E-state index is 4.78. The van der Waals surface area contributed by atoms with E-state index in [2.05, 4.69) is 37.7 Å². The number of rotatable bonds is 6. The standard InChI is InChI=1S/C13H24N2S2/c1-13(2,3)11-9-17-12(15-11)10(14-4)7-6-8-16-5/h9-10,14H,6-8H2,1-5H3. The minimum absolute atomic E-state index is 0.159. The van der Waals surface area contributed by atoms with Crippen LogP contribution < -0.4 is 5.32 Å². The molecule has 0 saturated heterocycles. The van der Waals surface area contributed by atoms with E-state index in [1.807, 2.05) is 18.8 Å². The number of thiazole rings is 1. The van der Waals surface area contributed by atoms with Crippen LogP contribution in [0.2, 0.25) is 0 Å². The molecule has 0 saturated carbocycles. The Bertz CT molecular complexity index is 328. The summed E-state index contributed by atoms with van der Waals surface area (Å²) in [7, 11) is 2.03. The monoisotopic (exact) mass is 272 g/mol. The third kappa shape index (κ3) is 4.60. The van der Waals surface area contributed by atoms with E-state index in [0.29, 0.717) is 6.04 Å². The van der Waals surface area contributed by atoms with Crippen LogP contribution in [-0.2, 0) is 5.41 Å². The van der Waals surface area contributed by atoms with Crippen molar-refractivity contribution in [2.45, 2.75) is 45.1 Å². The number of nitrogens with zero attached hydrogens (tertiary/aromatic N) is 1. The van der Waals surface area contributed by atoms with Crippen LogP contribution in [-0.4, -0.2) is 24.0 Å². The molecule has 1 aromatic heterocycles. The molecule has 17 heavy (non-hydrogen) atoms. The van der Waals surface area contributed by atoms with Crippen LogP contribution in [0.25, 0.3) is 0 Å². The molecule has 1 rings (SSSR count). The summed E-state index contributed by atoms with van der Waals surface area (Å²) in [5.41, 5.74) is 1.37. The SMILES string of the molecule is CNC(CCCSC)c1nc(C(C)(C)C)cs1. The van der Waals surface area contributed by atoms with Gasteiger partial charge in [-0.2, -0.15) is 11.8 Å². The van der Waals surface area contributed by atoms with E-state index in [1.54, 1.807) is 11.3 Å². The van der Waals surface area contributed by atoms with Gasteiger partial charge in [0.15, 0.2) is 0 Å². The maximum Gasteiger partial charge on any atom is 0.110 e. The van der Waals surface area contributed by atoms with Crippen molar-refractivity contribution >= 4 is 23.1 Å². The third-order valence-corrected chi connectivity index (χ3v) is 4.43. The van der Waals surface area contributed by atoms with Gasteiger partial charge in [-0.1, -0.05) is 20.8 Å². The van der Waals surface area contributed by atoms with Crippen LogP contribution in [0.15, 0.2) is 5.38 Å². The Balaban J connectivity index is 2.66. The molecule has 0 amide bonds. The lowest BCUT2D eigenvalue weighted by Crippen LogP contribution is -2.17. The highest BCUT2D eigenvalue weighted by Crippen LogP contribution is 2.28. The molecule has 0 aliphatic rings. The molecule has 4 heteroatoms. The highest BCUT2D eigenvalue weighted by Gasteiger charge is 2.20. The molecule has 0 aliphatic heterocycles. The van der Waals surface area contributed by atoms with Gasteiger partial charge in [0.1, 0.15) is 5.01 Å². The van der Waals surface area contributed by atoms with Crippen molar-refractivity contribution in [3.63, 3.8) is 0 Å². The number of hydrogen-bond acceptors (Lipinski definition) is 4. The topological polar surface area (TPSA) is 24.9 Å². The molecular weight excluding hydrogens is 248 g/mol. The van der Waals surface area contributed by atoms with Gasteiger partial charge in [0, 0.05) is 10.8 Å². The molecule has 0 bridgehead atoms. The summed E-state index contributed by atoms with van der Waals surface area (Å²) in [5.74, 6) is 1.23. The van der Waals surface area contributed by atoms with Crippen LogP contribution in [0.5, 0.6) is 0 Å². The van der Waals surface area contributed by atoms with Gasteiger partial charge in [0.2, 0.25) is 0 Å². The molecule has 2 nitrogen and oxygen atoms in total. The van der Waals surface area contributed by atoms with Gasteiger partial charge in [-0.25, -0.2) is 4.98 Å². The first-order valence-electron chi connectivity index (χ1n) is 6.11. The van der Waals surface area contributed by atoms with Crippen molar-refractivity contribution in [2.24, 2.45) is 0 Å². The quantitative estimate of drug-likeness (QED) is 0.796. The number of nitrogens with one attached hydrogen (secondary N) is 1. The van der Waals surface area contributed by atoms with Crippen molar-refractivity contribution in [1.29, 1.82) is 0 Å². The second-order valence-corrected chi connectivity index (χ2v) is 7.17. The predicted octanol–water partition coefficient (Wildman–Crippen LogP) is 3.84. The zero-order valence-electron chi connectivity index (χ0n) is 11.5. The number of hydrogen-bond donors (Lipinski definition) is 1. The van der Waals surface area contributed by atoms with E-state index >= 15 is 0 Å². The maximum absolute atomic E-state index is 4.78. The number of thioether (sulfide) groups is 1. The van der Waals surface area contributed by atoms with E-state index in [1.165, 1.54) is 29.3 Å². The van der Waals surface area contributed by atoms with Crippen molar-refractivity contribution in [3.8, 4) is 0 Å². The second kappa shape index (κ2) is 6.76. The first kappa shape index (κ1) is 15.0. The molecule has 0 spiro atoms. The molecule has 0 fully saturated rings. The van der Waals surface area contributed by atoms with Gasteiger partial charge in [-0.15, -0.1) is 11.3 Å². The van der Waals surface area contributed by atoms with E-state index in [-0.39, 0.29) is 5.41 Å². The molecule has 1 N–H and O–H groups in total. The van der Waals surface area contributed by atoms with Gasteiger partial charge in [-0.05, 0) is 31.9 Å². The van der Waals surface area contributed by atoms with Crippen molar-refractivity contribution in [2.75, 3.05) is 19.1 Å². The summed E-state index contributed by atoms with van der Waals surface area (Å²) >= 11 is 3.70. The second-order valence-electron chi connectivity index (χ2n) is 5.30. The highest BCUT2D eigenvalue weighted by molar-refractivity contribution is 7.98. The molecule has 0 radical (unpaired) electrons. The largest absolute Gasteiger partial charge is 0.311 e. The smallest absolute Gasteiger partial charge is 0.110 e. The minimum atomic E-state index is 0.159. The summed E-state index contributed by atoms with van der Waals surface area (Å²) in [6.07, 6.45) is 4.58. The van der Waals surface area contributed by atoms with Gasteiger partial charge in [0.25, 0.3) is 0 Å². The Labute approximate surface area is 114 Å². The van der Waals surface area contributed by atoms with Crippen LogP contribution in [0.1, 0.15) is 50.4 Å². The van der Waals surface area contributed by atoms with E-state index in [0.717, 1.165) is 0 Å². The lowest BCUT2D eigenvalue weighted by atomic mass is 9.93. The van der Waals surface area contributed by atoms with Gasteiger partial charge in [0.05, 0.1) is 11.7 Å². The van der Waals surface area contributed by atoms with Crippen molar-refractivity contribution < 1.29 is 0 Å². The summed E-state index contributed by atoms with van der Waals surface area (Å²) in [5, 5.41) is 6.82. The lowest BCUT2D eigenvalue weighted by molar-refractivity contribution is 0.527. The highest BCUT2D eigenvalue weighted by atomic mass is 32.2. The zero-order valence-corrected chi connectivity index (χ0v) is 13.2. The Morgan fingerprint density at radius 2 is 2.18 bits per heavy atom. The summed E-state index contributed by atoms with van der Waals surface area (Å²) in [6, 6.07) is 0.420. The molecule has 0 aromatic carbocycles. The van der Waals surface area contributed by atoms with Gasteiger partial charge >= 0.3 is 0 Å². The Hall–Kier alpha value is -0.0600. The first-order valence-corrected chi connectivity index (χ1v) is 8.38. The normalized spacial score (nSPS) is 13.9. The van der Waals surface area contributed by atoms with Gasteiger partial charge < -0.3 is 5.32 Å². The fourth-order valence-electron chi connectivity index (χ4n) is 1.62. The summed E-state index contributed by atoms with van der Waals surface area (Å²) in [6.45, 7) is 6.65. The fraction of sp³-hybridized carbons (Fsp3) is 0.769. The molecule has 1 unspecified atom stereocenters. The van der Waals surface area contributed by atoms with Crippen LogP contribution in [0.3, 0.4) is 0 Å². The zero-order chi connectivity index (χ0) is 12.9. The molecule has 0 aliphatic carbocycles. The Morgan fingerprint density at radius 1 is 1.47 bits per heavy atom. The van der Waals surface area contributed by atoms with Gasteiger partial charge in [-0.3, -0.25) is 0 Å². The molecule has 1 atom stereocenters. The van der Waals surface area contributed by atoms with Crippen LogP contribution >= 0.6 is 23.1 Å². The molecule has 1 aromatic rings. The summed E-state index contributed by atoms with van der Waals surface area (Å²) in [4.78, 5) is 4.78. The fourth-order valence-corrected chi connectivity index (χ4v) is 3.26. The number of aromatic nitrogens is 1. The van der Waals surface area contributed by atoms with E-state index in [4.69, 9.17) is 4.98 Å². The Morgan fingerprint density at radius 3 is 2.65 bits per heavy atom. The minimum Gasteiger partial charge on any atom is -0.311 e. The third-order valence-electron chi connectivity index (χ3n) is 2.78. The van der Waals surface area contributed by atoms with Crippen molar-refractivity contribution in [1.82, 2.24) is 10.3 Å². The van der Waals surface area contributed by atoms with Crippen LogP contribution in [0.4, 0.5) is 0 Å². The van der Waals surface area contributed by atoms with E-state index < -0.39 is 0 Å². The molecule has 1 heterocycles.